The molecule has 0 bridgehead atoms. The molecule has 3 heterocycles. The molecule has 23 heavy (non-hydrogen) atoms. The van der Waals surface area contributed by atoms with Crippen molar-refractivity contribution < 1.29 is 14.6 Å². The van der Waals surface area contributed by atoms with Crippen LogP contribution in [0.3, 0.4) is 0 Å². The van der Waals surface area contributed by atoms with Crippen LogP contribution >= 0.6 is 0 Å². The number of aromatic carboxylic acids is 1. The van der Waals surface area contributed by atoms with E-state index in [2.05, 4.69) is 20.2 Å². The molecule has 2 aromatic rings. The van der Waals surface area contributed by atoms with E-state index in [1.165, 1.54) is 6.07 Å². The van der Waals surface area contributed by atoms with Crippen molar-refractivity contribution in [2.45, 2.75) is 6.54 Å². The molecular formula is C16H18N4O3. The predicted molar refractivity (Wildman–Crippen MR) is 85.8 cm³/mol. The fraction of sp³-hybridized carbons (Fsp3) is 0.312. The molecule has 0 unspecified atom stereocenters. The monoisotopic (exact) mass is 314 g/mol. The molecule has 0 aliphatic carbocycles. The zero-order chi connectivity index (χ0) is 16.1. The molecule has 0 aromatic carbocycles. The summed E-state index contributed by atoms with van der Waals surface area (Å²) in [6.45, 7) is 3.60. The second-order valence-electron chi connectivity index (χ2n) is 5.15. The van der Waals surface area contributed by atoms with Crippen LogP contribution in [0.2, 0.25) is 0 Å². The van der Waals surface area contributed by atoms with Crippen molar-refractivity contribution in [3.8, 4) is 0 Å². The van der Waals surface area contributed by atoms with Crippen LogP contribution < -0.4 is 10.2 Å². The Hall–Kier alpha value is -2.67. The van der Waals surface area contributed by atoms with E-state index in [1.54, 1.807) is 12.1 Å². The van der Waals surface area contributed by atoms with Crippen LogP contribution in [0.4, 0.5) is 11.6 Å². The van der Waals surface area contributed by atoms with E-state index in [0.29, 0.717) is 12.4 Å². The fourth-order valence-electron chi connectivity index (χ4n) is 2.37. The van der Waals surface area contributed by atoms with Gasteiger partial charge in [0.2, 0.25) is 0 Å². The van der Waals surface area contributed by atoms with Gasteiger partial charge in [0, 0.05) is 13.1 Å². The molecule has 0 radical (unpaired) electrons. The number of rotatable bonds is 5. The molecule has 0 saturated carbocycles. The number of nitrogens with zero attached hydrogens (tertiary/aromatic N) is 3. The molecule has 2 N–H and O–H groups in total. The molecule has 7 nitrogen and oxygen atoms in total. The average molecular weight is 314 g/mol. The van der Waals surface area contributed by atoms with Gasteiger partial charge in [0.15, 0.2) is 5.69 Å². The minimum atomic E-state index is -1.04. The summed E-state index contributed by atoms with van der Waals surface area (Å²) in [6, 6.07) is 10.7. The van der Waals surface area contributed by atoms with E-state index < -0.39 is 5.97 Å². The van der Waals surface area contributed by atoms with Gasteiger partial charge in [0.05, 0.1) is 25.5 Å². The zero-order valence-corrected chi connectivity index (χ0v) is 12.6. The number of morpholine rings is 1. The number of ether oxygens (including phenoxy) is 1. The highest BCUT2D eigenvalue weighted by molar-refractivity contribution is 5.85. The summed E-state index contributed by atoms with van der Waals surface area (Å²) in [5.74, 6) is 0.407. The zero-order valence-electron chi connectivity index (χ0n) is 12.6. The highest BCUT2D eigenvalue weighted by Crippen LogP contribution is 2.14. The number of anilines is 2. The number of carbonyl (C=O) groups is 1. The summed E-state index contributed by atoms with van der Waals surface area (Å²) in [4.78, 5) is 21.8. The second kappa shape index (κ2) is 7.06. The minimum Gasteiger partial charge on any atom is -0.477 e. The molecule has 1 fully saturated rings. The Labute approximate surface area is 133 Å². The van der Waals surface area contributed by atoms with Gasteiger partial charge in [-0.1, -0.05) is 12.1 Å². The Kier molecular flexibility index (Phi) is 4.68. The molecule has 2 aromatic heterocycles. The number of hydrogen-bond acceptors (Lipinski definition) is 6. The molecule has 3 rings (SSSR count). The SMILES string of the molecule is O=C(O)c1cccc(NCc2cccc(N3CCOCC3)n2)n1. The fourth-order valence-corrected chi connectivity index (χ4v) is 2.37. The van der Waals surface area contributed by atoms with E-state index in [0.717, 1.165) is 37.8 Å². The molecule has 1 saturated heterocycles. The first kappa shape index (κ1) is 15.2. The number of carboxylic acid groups (broad SMARTS) is 1. The molecular weight excluding hydrogens is 296 g/mol. The van der Waals surface area contributed by atoms with E-state index in [4.69, 9.17) is 9.84 Å². The maximum absolute atomic E-state index is 10.9. The summed E-state index contributed by atoms with van der Waals surface area (Å²) >= 11 is 0. The van der Waals surface area contributed by atoms with Crippen molar-refractivity contribution in [2.75, 3.05) is 36.5 Å². The Morgan fingerprint density at radius 3 is 2.74 bits per heavy atom. The number of pyridine rings is 2. The third kappa shape index (κ3) is 3.95. The van der Waals surface area contributed by atoms with Crippen LogP contribution in [0.15, 0.2) is 36.4 Å². The Morgan fingerprint density at radius 1 is 1.17 bits per heavy atom. The van der Waals surface area contributed by atoms with Gasteiger partial charge in [-0.25, -0.2) is 14.8 Å². The van der Waals surface area contributed by atoms with Crippen LogP contribution in [0, 0.1) is 0 Å². The van der Waals surface area contributed by atoms with E-state index in [9.17, 15) is 4.79 Å². The van der Waals surface area contributed by atoms with Crippen LogP contribution in [0.1, 0.15) is 16.2 Å². The summed E-state index contributed by atoms with van der Waals surface area (Å²) < 4.78 is 5.35. The predicted octanol–water partition coefficient (Wildman–Crippen LogP) is 1.62. The molecule has 0 amide bonds. The molecule has 0 atom stereocenters. The minimum absolute atomic E-state index is 0.0185. The highest BCUT2D eigenvalue weighted by atomic mass is 16.5. The van der Waals surface area contributed by atoms with Crippen molar-refractivity contribution in [2.24, 2.45) is 0 Å². The lowest BCUT2D eigenvalue weighted by molar-refractivity contribution is 0.0690. The molecule has 120 valence electrons. The maximum Gasteiger partial charge on any atom is 0.354 e. The number of nitrogens with one attached hydrogen (secondary N) is 1. The van der Waals surface area contributed by atoms with E-state index in [1.807, 2.05) is 18.2 Å². The van der Waals surface area contributed by atoms with Crippen LogP contribution in [0.5, 0.6) is 0 Å². The summed E-state index contributed by atoms with van der Waals surface area (Å²) in [6.07, 6.45) is 0. The van der Waals surface area contributed by atoms with Crippen molar-refractivity contribution >= 4 is 17.6 Å². The standard InChI is InChI=1S/C16H18N4O3/c21-16(22)13-4-2-5-14(19-13)17-11-12-3-1-6-15(18-12)20-7-9-23-10-8-20/h1-6H,7-11H2,(H,17,19)(H,21,22). The summed E-state index contributed by atoms with van der Waals surface area (Å²) in [5, 5.41) is 12.1. The van der Waals surface area contributed by atoms with Gasteiger partial charge >= 0.3 is 5.97 Å². The van der Waals surface area contributed by atoms with E-state index in [-0.39, 0.29) is 5.69 Å². The van der Waals surface area contributed by atoms with Gasteiger partial charge in [-0.15, -0.1) is 0 Å². The smallest absolute Gasteiger partial charge is 0.354 e. The van der Waals surface area contributed by atoms with E-state index >= 15 is 0 Å². The van der Waals surface area contributed by atoms with Gasteiger partial charge in [0.25, 0.3) is 0 Å². The number of hydrogen-bond donors (Lipinski definition) is 2. The first-order chi connectivity index (χ1) is 11.2. The summed E-state index contributed by atoms with van der Waals surface area (Å²) in [5.41, 5.74) is 0.890. The van der Waals surface area contributed by atoms with Gasteiger partial charge in [-0.2, -0.15) is 0 Å². The number of carboxylic acids is 1. The topological polar surface area (TPSA) is 87.6 Å². The highest BCUT2D eigenvalue weighted by Gasteiger charge is 2.12. The lowest BCUT2D eigenvalue weighted by atomic mass is 10.3. The molecule has 1 aliphatic heterocycles. The maximum atomic E-state index is 10.9. The van der Waals surface area contributed by atoms with Crippen molar-refractivity contribution in [3.63, 3.8) is 0 Å². The van der Waals surface area contributed by atoms with Crippen LogP contribution in [-0.4, -0.2) is 47.3 Å². The number of aromatic nitrogens is 2. The Bertz CT molecular complexity index is 687. The normalized spacial score (nSPS) is 14.5. The Balaban J connectivity index is 1.66. The average Bonchev–Trinajstić information content (AvgIpc) is 2.61. The lowest BCUT2D eigenvalue weighted by Gasteiger charge is -2.28. The van der Waals surface area contributed by atoms with Crippen LogP contribution in [-0.2, 0) is 11.3 Å². The largest absolute Gasteiger partial charge is 0.477 e. The van der Waals surface area contributed by atoms with Gasteiger partial charge in [0.1, 0.15) is 11.6 Å². The van der Waals surface area contributed by atoms with Gasteiger partial charge < -0.3 is 20.1 Å². The summed E-state index contributed by atoms with van der Waals surface area (Å²) in [7, 11) is 0. The van der Waals surface area contributed by atoms with Crippen molar-refractivity contribution in [1.82, 2.24) is 9.97 Å². The Morgan fingerprint density at radius 2 is 1.96 bits per heavy atom. The van der Waals surface area contributed by atoms with Crippen molar-refractivity contribution in [3.05, 3.63) is 47.8 Å². The third-order valence-electron chi connectivity index (χ3n) is 3.55. The van der Waals surface area contributed by atoms with Gasteiger partial charge in [-0.05, 0) is 24.3 Å². The third-order valence-corrected chi connectivity index (χ3v) is 3.55. The second-order valence-corrected chi connectivity index (χ2v) is 5.15. The first-order valence-corrected chi connectivity index (χ1v) is 7.45. The molecule has 1 aliphatic rings. The lowest BCUT2D eigenvalue weighted by Crippen LogP contribution is -2.36. The van der Waals surface area contributed by atoms with Crippen LogP contribution in [0.25, 0.3) is 0 Å². The van der Waals surface area contributed by atoms with Gasteiger partial charge in [-0.3, -0.25) is 0 Å². The molecule has 0 spiro atoms. The first-order valence-electron chi connectivity index (χ1n) is 7.45. The quantitative estimate of drug-likeness (QED) is 0.867. The van der Waals surface area contributed by atoms with Crippen molar-refractivity contribution in [1.29, 1.82) is 0 Å². The molecule has 7 heteroatoms.